The maximum absolute atomic E-state index is 12.7. The highest BCUT2D eigenvalue weighted by Gasteiger charge is 2.33. The Bertz CT molecular complexity index is 849. The SMILES string of the molecule is Cc1nc(C2CCCN2C(=O)NCC(=O)N2CCCc3ccccc32)no1. The number of nitrogens with one attached hydrogen (secondary N) is 1. The molecule has 1 aromatic carbocycles. The molecule has 3 amide bonds. The van der Waals surface area contributed by atoms with Gasteiger partial charge in [0.05, 0.1) is 12.6 Å². The lowest BCUT2D eigenvalue weighted by Gasteiger charge is -2.30. The smallest absolute Gasteiger partial charge is 0.318 e. The Hall–Kier alpha value is -2.90. The van der Waals surface area contributed by atoms with Crippen LogP contribution in [0.25, 0.3) is 0 Å². The Balaban J connectivity index is 1.39. The number of hydrogen-bond acceptors (Lipinski definition) is 5. The van der Waals surface area contributed by atoms with Crippen LogP contribution in [0, 0.1) is 6.92 Å². The quantitative estimate of drug-likeness (QED) is 0.896. The zero-order valence-corrected chi connectivity index (χ0v) is 15.4. The van der Waals surface area contributed by atoms with Gasteiger partial charge in [-0.3, -0.25) is 4.79 Å². The summed E-state index contributed by atoms with van der Waals surface area (Å²) in [6, 6.07) is 7.47. The van der Waals surface area contributed by atoms with E-state index in [9.17, 15) is 9.59 Å². The molecule has 1 N–H and O–H groups in total. The number of rotatable bonds is 3. The third-order valence-electron chi connectivity index (χ3n) is 5.16. The van der Waals surface area contributed by atoms with E-state index in [0.29, 0.717) is 24.8 Å². The van der Waals surface area contributed by atoms with Crippen molar-refractivity contribution < 1.29 is 14.1 Å². The predicted octanol–water partition coefficient (Wildman–Crippen LogP) is 2.20. The molecule has 27 heavy (non-hydrogen) atoms. The fourth-order valence-electron chi connectivity index (χ4n) is 3.87. The summed E-state index contributed by atoms with van der Waals surface area (Å²) in [4.78, 5) is 33.0. The summed E-state index contributed by atoms with van der Waals surface area (Å²) >= 11 is 0. The second-order valence-corrected chi connectivity index (χ2v) is 6.96. The second-order valence-electron chi connectivity index (χ2n) is 6.96. The molecule has 142 valence electrons. The van der Waals surface area contributed by atoms with Crippen LogP contribution in [0.4, 0.5) is 10.5 Å². The molecule has 1 saturated heterocycles. The first-order valence-corrected chi connectivity index (χ1v) is 9.36. The van der Waals surface area contributed by atoms with Crippen LogP contribution < -0.4 is 10.2 Å². The topological polar surface area (TPSA) is 91.6 Å². The highest BCUT2D eigenvalue weighted by molar-refractivity contribution is 5.97. The van der Waals surface area contributed by atoms with Crippen molar-refractivity contribution in [1.82, 2.24) is 20.4 Å². The molecule has 2 aliphatic rings. The van der Waals surface area contributed by atoms with Crippen LogP contribution in [0.1, 0.15) is 42.6 Å². The van der Waals surface area contributed by atoms with E-state index in [1.807, 2.05) is 18.2 Å². The minimum absolute atomic E-state index is 0.0261. The molecule has 4 rings (SSSR count). The highest BCUT2D eigenvalue weighted by atomic mass is 16.5. The molecule has 1 fully saturated rings. The van der Waals surface area contributed by atoms with Gasteiger partial charge in [-0.05, 0) is 37.3 Å². The molecule has 2 aliphatic heterocycles. The Morgan fingerprint density at radius 1 is 1.26 bits per heavy atom. The number of carbonyl (C=O) groups is 2. The van der Waals surface area contributed by atoms with E-state index in [4.69, 9.17) is 4.52 Å². The summed E-state index contributed by atoms with van der Waals surface area (Å²) < 4.78 is 5.04. The van der Waals surface area contributed by atoms with Crippen LogP contribution in [-0.4, -0.2) is 46.6 Å². The van der Waals surface area contributed by atoms with Gasteiger partial charge in [0, 0.05) is 25.7 Å². The molecule has 0 aliphatic carbocycles. The second kappa shape index (κ2) is 7.38. The number of para-hydroxylation sites is 1. The zero-order valence-electron chi connectivity index (χ0n) is 15.4. The monoisotopic (exact) mass is 369 g/mol. The molecule has 1 unspecified atom stereocenters. The summed E-state index contributed by atoms with van der Waals surface area (Å²) in [6.07, 6.45) is 3.58. The molecule has 0 radical (unpaired) electrons. The Kier molecular flexibility index (Phi) is 4.79. The van der Waals surface area contributed by atoms with Gasteiger partial charge in [0.1, 0.15) is 0 Å². The Morgan fingerprint density at radius 2 is 2.11 bits per heavy atom. The van der Waals surface area contributed by atoms with Gasteiger partial charge in [0.15, 0.2) is 5.82 Å². The van der Waals surface area contributed by atoms with Crippen molar-refractivity contribution in [2.75, 3.05) is 24.5 Å². The normalized spacial score (nSPS) is 19.1. The number of anilines is 1. The van der Waals surface area contributed by atoms with E-state index >= 15 is 0 Å². The van der Waals surface area contributed by atoms with Crippen LogP contribution in [-0.2, 0) is 11.2 Å². The largest absolute Gasteiger partial charge is 0.340 e. The van der Waals surface area contributed by atoms with Gasteiger partial charge in [0.25, 0.3) is 0 Å². The number of fused-ring (bicyclic) bond motifs is 1. The van der Waals surface area contributed by atoms with Crippen LogP contribution >= 0.6 is 0 Å². The average Bonchev–Trinajstić information content (AvgIpc) is 3.34. The molecule has 8 nitrogen and oxygen atoms in total. The molecule has 0 bridgehead atoms. The van der Waals surface area contributed by atoms with Crippen molar-refractivity contribution in [3.8, 4) is 0 Å². The lowest BCUT2D eigenvalue weighted by molar-refractivity contribution is -0.117. The van der Waals surface area contributed by atoms with Crippen molar-refractivity contribution in [3.05, 3.63) is 41.5 Å². The van der Waals surface area contributed by atoms with Gasteiger partial charge in [0.2, 0.25) is 11.8 Å². The van der Waals surface area contributed by atoms with Gasteiger partial charge in [-0.1, -0.05) is 23.4 Å². The lowest BCUT2D eigenvalue weighted by Crippen LogP contribution is -2.46. The highest BCUT2D eigenvalue weighted by Crippen LogP contribution is 2.30. The number of nitrogens with zero attached hydrogens (tertiary/aromatic N) is 4. The molecular weight excluding hydrogens is 346 g/mol. The molecule has 1 aromatic heterocycles. The number of aromatic nitrogens is 2. The van der Waals surface area contributed by atoms with E-state index in [0.717, 1.165) is 31.4 Å². The standard InChI is InChI=1S/C19H23N5O3/c1-13-21-18(22-27-13)16-9-5-11-24(16)19(26)20-12-17(25)23-10-4-7-14-6-2-3-8-15(14)23/h2-3,6,8,16H,4-5,7,9-12H2,1H3,(H,20,26). The zero-order chi connectivity index (χ0) is 18.8. The Morgan fingerprint density at radius 3 is 2.93 bits per heavy atom. The third kappa shape index (κ3) is 3.51. The van der Waals surface area contributed by atoms with Crippen molar-refractivity contribution in [3.63, 3.8) is 0 Å². The fourth-order valence-corrected chi connectivity index (χ4v) is 3.87. The van der Waals surface area contributed by atoms with E-state index in [-0.39, 0.29) is 24.5 Å². The number of carbonyl (C=O) groups excluding carboxylic acids is 2. The fraction of sp³-hybridized carbons (Fsp3) is 0.474. The van der Waals surface area contributed by atoms with E-state index in [1.54, 1.807) is 16.7 Å². The van der Waals surface area contributed by atoms with E-state index in [1.165, 1.54) is 5.56 Å². The number of hydrogen-bond donors (Lipinski definition) is 1. The molecule has 1 atom stereocenters. The first kappa shape index (κ1) is 17.5. The molecular formula is C19H23N5O3. The van der Waals surface area contributed by atoms with Crippen molar-refractivity contribution in [2.24, 2.45) is 0 Å². The van der Waals surface area contributed by atoms with Crippen molar-refractivity contribution in [2.45, 2.75) is 38.6 Å². The van der Waals surface area contributed by atoms with Gasteiger partial charge in [-0.25, -0.2) is 4.79 Å². The third-order valence-corrected chi connectivity index (χ3v) is 5.16. The summed E-state index contributed by atoms with van der Waals surface area (Å²) in [6.45, 7) is 3.00. The van der Waals surface area contributed by atoms with Crippen LogP contribution in [0.2, 0.25) is 0 Å². The maximum Gasteiger partial charge on any atom is 0.318 e. The number of aryl methyl sites for hydroxylation is 2. The van der Waals surface area contributed by atoms with Gasteiger partial charge in [-0.15, -0.1) is 0 Å². The van der Waals surface area contributed by atoms with E-state index in [2.05, 4.69) is 21.5 Å². The number of benzene rings is 1. The summed E-state index contributed by atoms with van der Waals surface area (Å²) in [7, 11) is 0. The summed E-state index contributed by atoms with van der Waals surface area (Å²) in [5.41, 5.74) is 2.12. The molecule has 8 heteroatoms. The van der Waals surface area contributed by atoms with Crippen molar-refractivity contribution >= 4 is 17.6 Å². The van der Waals surface area contributed by atoms with Crippen LogP contribution in [0.5, 0.6) is 0 Å². The van der Waals surface area contributed by atoms with Gasteiger partial charge >= 0.3 is 6.03 Å². The minimum atomic E-state index is -0.265. The van der Waals surface area contributed by atoms with Gasteiger partial charge < -0.3 is 19.6 Å². The van der Waals surface area contributed by atoms with E-state index < -0.39 is 0 Å². The number of urea groups is 1. The molecule has 0 saturated carbocycles. The average molecular weight is 369 g/mol. The first-order valence-electron chi connectivity index (χ1n) is 9.36. The first-order chi connectivity index (χ1) is 13.1. The Labute approximate surface area is 157 Å². The number of likely N-dealkylation sites (tertiary alicyclic amines) is 1. The minimum Gasteiger partial charge on any atom is -0.340 e. The van der Waals surface area contributed by atoms with Crippen LogP contribution in [0.15, 0.2) is 28.8 Å². The molecule has 0 spiro atoms. The predicted molar refractivity (Wildman–Crippen MR) is 98.2 cm³/mol. The molecule has 3 heterocycles. The van der Waals surface area contributed by atoms with Gasteiger partial charge in [-0.2, -0.15) is 4.98 Å². The number of amides is 3. The summed E-state index contributed by atoms with van der Waals surface area (Å²) in [5.74, 6) is 0.911. The summed E-state index contributed by atoms with van der Waals surface area (Å²) in [5, 5.41) is 6.71. The lowest BCUT2D eigenvalue weighted by atomic mass is 10.0. The van der Waals surface area contributed by atoms with Crippen LogP contribution in [0.3, 0.4) is 0 Å². The molecule has 2 aromatic rings. The van der Waals surface area contributed by atoms with Crippen molar-refractivity contribution in [1.29, 1.82) is 0 Å². The maximum atomic E-state index is 12.7.